The normalized spacial score (nSPS) is 13.9. The Balaban J connectivity index is 1.23. The summed E-state index contributed by atoms with van der Waals surface area (Å²) in [7, 11) is 0. The molecule has 1 aliphatic rings. The van der Waals surface area contributed by atoms with Crippen molar-refractivity contribution < 1.29 is 9.59 Å². The van der Waals surface area contributed by atoms with Crippen LogP contribution in [0.1, 0.15) is 46.9 Å². The molecule has 1 aliphatic heterocycles. The third-order valence-electron chi connectivity index (χ3n) is 7.54. The zero-order chi connectivity index (χ0) is 26.2. The molecule has 192 valence electrons. The summed E-state index contributed by atoms with van der Waals surface area (Å²) in [6, 6.07) is 41.6. The first-order chi connectivity index (χ1) is 18.7. The summed E-state index contributed by atoms with van der Waals surface area (Å²) in [6.07, 6.45) is 1.55. The fraction of sp³-hybridized carbons (Fsp3) is 0.235. The molecule has 4 aromatic rings. The van der Waals surface area contributed by atoms with E-state index in [9.17, 15) is 9.59 Å². The standard InChI is InChI=1S/C34H34N2O2/c37-33-26-36(24-22-32(29-17-9-3-10-18-29)30-19-11-4-12-20-30)34(38)25-35(33)23-21-31(27-13-5-1-6-14-27)28-15-7-2-8-16-28/h1-20,31-32H,21-26H2. The molecule has 4 nitrogen and oxygen atoms in total. The number of nitrogens with zero attached hydrogens (tertiary/aromatic N) is 2. The number of carbonyl (C=O) groups is 2. The van der Waals surface area contributed by atoms with Crippen LogP contribution in [-0.4, -0.2) is 47.8 Å². The smallest absolute Gasteiger partial charge is 0.242 e. The van der Waals surface area contributed by atoms with Crippen molar-refractivity contribution in [2.24, 2.45) is 0 Å². The Morgan fingerprint density at radius 3 is 0.974 bits per heavy atom. The van der Waals surface area contributed by atoms with Gasteiger partial charge in [-0.05, 0) is 35.1 Å². The molecule has 38 heavy (non-hydrogen) atoms. The summed E-state index contributed by atoms with van der Waals surface area (Å²) < 4.78 is 0. The number of carbonyl (C=O) groups excluding carboxylic acids is 2. The van der Waals surface area contributed by atoms with Crippen LogP contribution in [0.15, 0.2) is 121 Å². The Morgan fingerprint density at radius 1 is 0.447 bits per heavy atom. The maximum atomic E-state index is 13.2. The van der Waals surface area contributed by atoms with Gasteiger partial charge in [0.2, 0.25) is 11.8 Å². The van der Waals surface area contributed by atoms with Crippen molar-refractivity contribution in [3.63, 3.8) is 0 Å². The third kappa shape index (κ3) is 6.20. The van der Waals surface area contributed by atoms with E-state index in [1.54, 1.807) is 9.80 Å². The van der Waals surface area contributed by atoms with Crippen molar-refractivity contribution >= 4 is 11.8 Å². The molecule has 0 saturated carbocycles. The minimum atomic E-state index is 0.0282. The van der Waals surface area contributed by atoms with E-state index in [-0.39, 0.29) is 36.7 Å². The van der Waals surface area contributed by atoms with Crippen LogP contribution < -0.4 is 0 Å². The number of amides is 2. The first-order valence-corrected chi connectivity index (χ1v) is 13.4. The van der Waals surface area contributed by atoms with Crippen LogP contribution >= 0.6 is 0 Å². The summed E-state index contributed by atoms with van der Waals surface area (Å²) in [6.45, 7) is 1.42. The van der Waals surface area contributed by atoms with Crippen LogP contribution in [0.3, 0.4) is 0 Å². The Bertz CT molecular complexity index is 1130. The number of benzene rings is 4. The van der Waals surface area contributed by atoms with Gasteiger partial charge in [-0.2, -0.15) is 0 Å². The average molecular weight is 503 g/mol. The SMILES string of the molecule is O=C1CN(CCC(c2ccccc2)c2ccccc2)C(=O)CN1CCC(c1ccccc1)c1ccccc1. The predicted molar refractivity (Wildman–Crippen MR) is 152 cm³/mol. The van der Waals surface area contributed by atoms with Crippen molar-refractivity contribution in [2.75, 3.05) is 26.2 Å². The quantitative estimate of drug-likeness (QED) is 0.263. The Morgan fingerprint density at radius 2 is 0.711 bits per heavy atom. The number of rotatable bonds is 10. The van der Waals surface area contributed by atoms with Gasteiger partial charge in [0.15, 0.2) is 0 Å². The first kappa shape index (κ1) is 25.5. The first-order valence-electron chi connectivity index (χ1n) is 13.4. The minimum Gasteiger partial charge on any atom is -0.332 e. The second-order valence-corrected chi connectivity index (χ2v) is 9.96. The minimum absolute atomic E-state index is 0.0282. The predicted octanol–water partition coefficient (Wildman–Crippen LogP) is 6.10. The Hall–Kier alpha value is -4.18. The maximum absolute atomic E-state index is 13.2. The van der Waals surface area contributed by atoms with Crippen LogP contribution in [0, 0.1) is 0 Å². The molecule has 2 amide bonds. The van der Waals surface area contributed by atoms with E-state index in [4.69, 9.17) is 0 Å². The Labute approximate surface area is 225 Å². The highest BCUT2D eigenvalue weighted by Crippen LogP contribution is 2.30. The van der Waals surface area contributed by atoms with Gasteiger partial charge in [-0.15, -0.1) is 0 Å². The number of hydrogen-bond donors (Lipinski definition) is 0. The molecule has 1 fully saturated rings. The molecule has 1 saturated heterocycles. The molecule has 0 spiro atoms. The van der Waals surface area contributed by atoms with E-state index >= 15 is 0 Å². The zero-order valence-electron chi connectivity index (χ0n) is 21.7. The van der Waals surface area contributed by atoms with Crippen LogP contribution in [-0.2, 0) is 9.59 Å². The van der Waals surface area contributed by atoms with Crippen molar-refractivity contribution in [3.8, 4) is 0 Å². The maximum Gasteiger partial charge on any atom is 0.242 e. The highest BCUT2D eigenvalue weighted by Gasteiger charge is 2.31. The van der Waals surface area contributed by atoms with Gasteiger partial charge in [-0.3, -0.25) is 9.59 Å². The monoisotopic (exact) mass is 502 g/mol. The largest absolute Gasteiger partial charge is 0.332 e. The van der Waals surface area contributed by atoms with Crippen LogP contribution in [0.5, 0.6) is 0 Å². The third-order valence-corrected chi connectivity index (χ3v) is 7.54. The molecule has 0 unspecified atom stereocenters. The van der Waals surface area contributed by atoms with Gasteiger partial charge in [0, 0.05) is 24.9 Å². The fourth-order valence-electron chi connectivity index (χ4n) is 5.47. The molecule has 4 aromatic carbocycles. The van der Waals surface area contributed by atoms with Crippen LogP contribution in [0.25, 0.3) is 0 Å². The molecule has 4 heteroatoms. The summed E-state index contributed by atoms with van der Waals surface area (Å²) in [5.41, 5.74) is 4.90. The lowest BCUT2D eigenvalue weighted by Crippen LogP contribution is -2.54. The van der Waals surface area contributed by atoms with E-state index in [0.717, 1.165) is 12.8 Å². The van der Waals surface area contributed by atoms with Crippen molar-refractivity contribution in [1.82, 2.24) is 9.80 Å². The summed E-state index contributed by atoms with van der Waals surface area (Å²) in [4.78, 5) is 29.8. The van der Waals surface area contributed by atoms with Gasteiger partial charge in [0.25, 0.3) is 0 Å². The summed E-state index contributed by atoms with van der Waals surface area (Å²) in [5.74, 6) is 0.410. The van der Waals surface area contributed by atoms with Gasteiger partial charge in [-0.1, -0.05) is 121 Å². The van der Waals surface area contributed by atoms with E-state index in [0.29, 0.717) is 13.1 Å². The van der Waals surface area contributed by atoms with Crippen molar-refractivity contribution in [1.29, 1.82) is 0 Å². The van der Waals surface area contributed by atoms with Gasteiger partial charge in [-0.25, -0.2) is 0 Å². The van der Waals surface area contributed by atoms with E-state index in [2.05, 4.69) is 97.1 Å². The molecule has 0 bridgehead atoms. The number of hydrogen-bond acceptors (Lipinski definition) is 2. The van der Waals surface area contributed by atoms with E-state index in [1.807, 2.05) is 24.3 Å². The summed E-state index contributed by atoms with van der Waals surface area (Å²) >= 11 is 0. The second kappa shape index (κ2) is 12.4. The molecule has 1 heterocycles. The van der Waals surface area contributed by atoms with Crippen LogP contribution in [0.2, 0.25) is 0 Å². The molecule has 5 rings (SSSR count). The highest BCUT2D eigenvalue weighted by molar-refractivity contribution is 5.92. The molecular weight excluding hydrogens is 468 g/mol. The second-order valence-electron chi connectivity index (χ2n) is 9.96. The average Bonchev–Trinajstić information content (AvgIpc) is 2.97. The lowest BCUT2D eigenvalue weighted by atomic mass is 9.88. The lowest BCUT2D eigenvalue weighted by Gasteiger charge is -2.35. The molecule has 0 radical (unpaired) electrons. The van der Waals surface area contributed by atoms with Crippen LogP contribution in [0.4, 0.5) is 0 Å². The zero-order valence-corrected chi connectivity index (χ0v) is 21.7. The molecular formula is C34H34N2O2. The molecule has 0 N–H and O–H groups in total. The molecule has 0 atom stereocenters. The molecule has 0 aliphatic carbocycles. The van der Waals surface area contributed by atoms with E-state index in [1.165, 1.54) is 22.3 Å². The lowest BCUT2D eigenvalue weighted by molar-refractivity contribution is -0.150. The van der Waals surface area contributed by atoms with Crippen molar-refractivity contribution in [3.05, 3.63) is 144 Å². The van der Waals surface area contributed by atoms with Gasteiger partial charge in [0.1, 0.15) is 0 Å². The van der Waals surface area contributed by atoms with Gasteiger partial charge in [0.05, 0.1) is 13.1 Å². The highest BCUT2D eigenvalue weighted by atomic mass is 16.2. The molecule has 0 aromatic heterocycles. The number of piperazine rings is 1. The van der Waals surface area contributed by atoms with Crippen molar-refractivity contribution in [2.45, 2.75) is 24.7 Å². The van der Waals surface area contributed by atoms with Gasteiger partial charge >= 0.3 is 0 Å². The summed E-state index contributed by atoms with van der Waals surface area (Å²) in [5, 5.41) is 0. The van der Waals surface area contributed by atoms with Gasteiger partial charge < -0.3 is 9.80 Å². The Kier molecular flexibility index (Phi) is 8.29. The topological polar surface area (TPSA) is 40.6 Å². The fourth-order valence-corrected chi connectivity index (χ4v) is 5.47. The van der Waals surface area contributed by atoms with E-state index < -0.39 is 0 Å².